The fourth-order valence-electron chi connectivity index (χ4n) is 1.76. The van der Waals surface area contributed by atoms with Crippen LogP contribution in [-0.4, -0.2) is 36.6 Å². The summed E-state index contributed by atoms with van der Waals surface area (Å²) in [6.07, 6.45) is 0.796. The third-order valence-corrected chi connectivity index (χ3v) is 3.94. The van der Waals surface area contributed by atoms with Crippen molar-refractivity contribution >= 4 is 23.5 Å². The van der Waals surface area contributed by atoms with Crippen LogP contribution in [-0.2, 0) is 23.7 Å². The smallest absolute Gasteiger partial charge is 0.235 e. The van der Waals surface area contributed by atoms with E-state index in [9.17, 15) is 4.79 Å². The van der Waals surface area contributed by atoms with Gasteiger partial charge in [0.15, 0.2) is 0 Å². The van der Waals surface area contributed by atoms with E-state index < -0.39 is 0 Å². The fraction of sp³-hybridized carbons (Fsp3) is 0.571. The van der Waals surface area contributed by atoms with Crippen molar-refractivity contribution in [1.29, 1.82) is 0 Å². The molecule has 2 aromatic heterocycles. The van der Waals surface area contributed by atoms with Gasteiger partial charge in [-0.15, -0.1) is 5.10 Å². The number of aromatic amines is 1. The second-order valence-corrected chi connectivity index (χ2v) is 6.99. The Morgan fingerprint density at radius 1 is 1.45 bits per heavy atom. The molecule has 8 heteroatoms. The van der Waals surface area contributed by atoms with Gasteiger partial charge in [-0.2, -0.15) is 5.10 Å². The van der Waals surface area contributed by atoms with E-state index in [2.05, 4.69) is 46.4 Å². The van der Waals surface area contributed by atoms with Gasteiger partial charge >= 0.3 is 0 Å². The minimum absolute atomic E-state index is 0.0506. The van der Waals surface area contributed by atoms with Gasteiger partial charge in [0.25, 0.3) is 0 Å². The highest BCUT2D eigenvalue weighted by Gasteiger charge is 2.19. The van der Waals surface area contributed by atoms with Crippen molar-refractivity contribution in [3.63, 3.8) is 0 Å². The van der Waals surface area contributed by atoms with Crippen molar-refractivity contribution in [1.82, 2.24) is 25.0 Å². The quantitative estimate of drug-likeness (QED) is 0.823. The van der Waals surface area contributed by atoms with Crippen LogP contribution < -0.4 is 5.32 Å². The van der Waals surface area contributed by atoms with Crippen molar-refractivity contribution in [3.8, 4) is 0 Å². The third kappa shape index (κ3) is 4.09. The first kappa shape index (κ1) is 16.5. The van der Waals surface area contributed by atoms with Gasteiger partial charge in [0.05, 0.1) is 11.4 Å². The number of amides is 1. The highest BCUT2D eigenvalue weighted by molar-refractivity contribution is 7.99. The molecule has 0 aliphatic carbocycles. The summed E-state index contributed by atoms with van der Waals surface area (Å²) >= 11 is 1.31. The SMILES string of the molecule is CCc1nc(SCC(=O)Nc2cc(C(C)(C)C)nn2C)n[nH]1. The summed E-state index contributed by atoms with van der Waals surface area (Å²) in [6.45, 7) is 8.26. The molecule has 120 valence electrons. The van der Waals surface area contributed by atoms with Crippen LogP contribution in [0, 0.1) is 0 Å². The molecular formula is C14H22N6OS. The van der Waals surface area contributed by atoms with Crippen LogP contribution in [0.4, 0.5) is 5.82 Å². The van der Waals surface area contributed by atoms with E-state index in [1.807, 2.05) is 20.0 Å². The molecular weight excluding hydrogens is 300 g/mol. The molecule has 0 saturated heterocycles. The maximum atomic E-state index is 12.0. The Morgan fingerprint density at radius 3 is 2.73 bits per heavy atom. The molecule has 0 bridgehead atoms. The number of nitrogens with one attached hydrogen (secondary N) is 2. The van der Waals surface area contributed by atoms with Gasteiger partial charge in [-0.25, -0.2) is 4.98 Å². The van der Waals surface area contributed by atoms with Crippen LogP contribution in [0.3, 0.4) is 0 Å². The van der Waals surface area contributed by atoms with E-state index >= 15 is 0 Å². The zero-order valence-corrected chi connectivity index (χ0v) is 14.4. The minimum atomic E-state index is -0.101. The van der Waals surface area contributed by atoms with Crippen LogP contribution >= 0.6 is 11.8 Å². The zero-order chi connectivity index (χ0) is 16.3. The number of H-pyrrole nitrogens is 1. The molecule has 0 spiro atoms. The average Bonchev–Trinajstić information content (AvgIpc) is 3.03. The average molecular weight is 322 g/mol. The predicted octanol–water partition coefficient (Wildman–Crippen LogP) is 2.13. The first-order chi connectivity index (χ1) is 10.3. The van der Waals surface area contributed by atoms with Gasteiger partial charge in [-0.3, -0.25) is 14.6 Å². The van der Waals surface area contributed by atoms with Crippen LogP contribution in [0.1, 0.15) is 39.2 Å². The Morgan fingerprint density at radius 2 is 2.18 bits per heavy atom. The molecule has 22 heavy (non-hydrogen) atoms. The van der Waals surface area contributed by atoms with Gasteiger partial charge in [0.1, 0.15) is 11.6 Å². The molecule has 2 N–H and O–H groups in total. The summed E-state index contributed by atoms with van der Waals surface area (Å²) in [5.41, 5.74) is 0.893. The highest BCUT2D eigenvalue weighted by Crippen LogP contribution is 2.23. The molecule has 0 aromatic carbocycles. The Balaban J connectivity index is 1.93. The Hall–Kier alpha value is -1.83. The van der Waals surface area contributed by atoms with E-state index in [4.69, 9.17) is 0 Å². The molecule has 2 heterocycles. The van der Waals surface area contributed by atoms with Crippen molar-refractivity contribution in [2.24, 2.45) is 7.05 Å². The zero-order valence-electron chi connectivity index (χ0n) is 13.6. The van der Waals surface area contributed by atoms with Crippen molar-refractivity contribution in [3.05, 3.63) is 17.6 Å². The van der Waals surface area contributed by atoms with Crippen molar-refractivity contribution in [2.45, 2.75) is 44.7 Å². The highest BCUT2D eigenvalue weighted by atomic mass is 32.2. The lowest BCUT2D eigenvalue weighted by atomic mass is 9.92. The molecule has 0 radical (unpaired) electrons. The lowest BCUT2D eigenvalue weighted by Gasteiger charge is -2.13. The van der Waals surface area contributed by atoms with E-state index in [0.29, 0.717) is 11.0 Å². The van der Waals surface area contributed by atoms with Crippen molar-refractivity contribution in [2.75, 3.05) is 11.1 Å². The van der Waals surface area contributed by atoms with Gasteiger partial charge in [-0.1, -0.05) is 39.5 Å². The number of hydrogen-bond donors (Lipinski definition) is 2. The van der Waals surface area contributed by atoms with Crippen LogP contribution in [0.15, 0.2) is 11.2 Å². The number of nitrogens with zero attached hydrogens (tertiary/aromatic N) is 4. The summed E-state index contributed by atoms with van der Waals surface area (Å²) < 4.78 is 1.69. The molecule has 7 nitrogen and oxygen atoms in total. The molecule has 2 rings (SSSR count). The Bertz CT molecular complexity index is 655. The van der Waals surface area contributed by atoms with Gasteiger partial charge in [0, 0.05) is 24.9 Å². The van der Waals surface area contributed by atoms with Crippen LogP contribution in [0.2, 0.25) is 0 Å². The van der Waals surface area contributed by atoms with E-state index in [1.54, 1.807) is 4.68 Å². The minimum Gasteiger partial charge on any atom is -0.310 e. The predicted molar refractivity (Wildman–Crippen MR) is 87.0 cm³/mol. The summed E-state index contributed by atoms with van der Waals surface area (Å²) in [6, 6.07) is 1.91. The van der Waals surface area contributed by atoms with E-state index in [-0.39, 0.29) is 17.1 Å². The number of carbonyl (C=O) groups excluding carboxylic acids is 1. The standard InChI is InChI=1S/C14H22N6OS/c1-6-10-15-13(18-17-10)22-8-12(21)16-11-7-9(14(2,3)4)19-20(11)5/h7H,6,8H2,1-5H3,(H,16,21)(H,15,17,18). The fourth-order valence-corrected chi connectivity index (χ4v) is 2.38. The second kappa shape index (κ2) is 6.51. The third-order valence-electron chi connectivity index (χ3n) is 3.09. The molecule has 0 unspecified atom stereocenters. The van der Waals surface area contributed by atoms with Crippen molar-refractivity contribution < 1.29 is 4.79 Å². The van der Waals surface area contributed by atoms with Gasteiger partial charge in [0.2, 0.25) is 11.1 Å². The molecule has 0 saturated carbocycles. The molecule has 0 aliphatic rings. The Kier molecular flexibility index (Phi) is 4.90. The first-order valence-corrected chi connectivity index (χ1v) is 8.16. The van der Waals surface area contributed by atoms with Gasteiger partial charge in [-0.05, 0) is 0 Å². The normalized spacial score (nSPS) is 11.7. The topological polar surface area (TPSA) is 88.5 Å². The molecule has 0 atom stereocenters. The summed E-state index contributed by atoms with van der Waals surface area (Å²) in [5, 5.41) is 14.8. The number of rotatable bonds is 5. The second-order valence-electron chi connectivity index (χ2n) is 6.04. The maximum absolute atomic E-state index is 12.0. The number of anilines is 1. The molecule has 0 aliphatic heterocycles. The monoisotopic (exact) mass is 322 g/mol. The summed E-state index contributed by atoms with van der Waals surface area (Å²) in [4.78, 5) is 16.3. The molecule has 0 fully saturated rings. The Labute approximate surface area is 134 Å². The largest absolute Gasteiger partial charge is 0.310 e. The first-order valence-electron chi connectivity index (χ1n) is 7.18. The number of aromatic nitrogens is 5. The van der Waals surface area contributed by atoms with E-state index in [1.165, 1.54) is 11.8 Å². The van der Waals surface area contributed by atoms with E-state index in [0.717, 1.165) is 17.9 Å². The lowest BCUT2D eigenvalue weighted by molar-refractivity contribution is -0.113. The lowest BCUT2D eigenvalue weighted by Crippen LogP contribution is -2.16. The maximum Gasteiger partial charge on any atom is 0.235 e. The van der Waals surface area contributed by atoms with Crippen LogP contribution in [0.25, 0.3) is 0 Å². The molecule has 2 aromatic rings. The van der Waals surface area contributed by atoms with Gasteiger partial charge < -0.3 is 5.32 Å². The number of aryl methyl sites for hydroxylation is 2. The van der Waals surface area contributed by atoms with Crippen LogP contribution in [0.5, 0.6) is 0 Å². The number of carbonyl (C=O) groups is 1. The number of thioether (sulfide) groups is 1. The number of hydrogen-bond acceptors (Lipinski definition) is 5. The molecule has 1 amide bonds. The summed E-state index contributed by atoms with van der Waals surface area (Å²) in [7, 11) is 1.82. The summed E-state index contributed by atoms with van der Waals surface area (Å²) in [5.74, 6) is 1.68.